The molecule has 1 aliphatic carbocycles. The summed E-state index contributed by atoms with van der Waals surface area (Å²) in [5, 5.41) is 0.888. The molecule has 4 nitrogen and oxygen atoms in total. The molecule has 0 bridgehead atoms. The SMILES string of the molecule is O=S(=O)(c1ccccc1)n1c(-c2cc3c(cn2)CCCCC3)cc2ccccc21. The second kappa shape index (κ2) is 7.16. The van der Waals surface area contributed by atoms with Crippen molar-refractivity contribution in [2.75, 3.05) is 0 Å². The molecule has 29 heavy (non-hydrogen) atoms. The van der Waals surface area contributed by atoms with Gasteiger partial charge in [0.2, 0.25) is 0 Å². The molecule has 2 aromatic carbocycles. The van der Waals surface area contributed by atoms with Gasteiger partial charge in [-0.25, -0.2) is 12.4 Å². The molecule has 1 aliphatic rings. The van der Waals surface area contributed by atoms with Gasteiger partial charge in [0, 0.05) is 11.6 Å². The van der Waals surface area contributed by atoms with Crippen LogP contribution in [0.3, 0.4) is 0 Å². The zero-order valence-corrected chi connectivity index (χ0v) is 16.9. The highest BCUT2D eigenvalue weighted by Gasteiger charge is 2.24. The molecule has 4 aromatic rings. The van der Waals surface area contributed by atoms with Crippen LogP contribution in [0.25, 0.3) is 22.3 Å². The van der Waals surface area contributed by atoms with Crippen LogP contribution in [0.4, 0.5) is 0 Å². The monoisotopic (exact) mass is 402 g/mol. The number of para-hydroxylation sites is 1. The number of pyridine rings is 1. The summed E-state index contributed by atoms with van der Waals surface area (Å²) in [5.74, 6) is 0. The Morgan fingerprint density at radius 1 is 0.793 bits per heavy atom. The number of rotatable bonds is 3. The van der Waals surface area contributed by atoms with E-state index in [1.165, 1.54) is 34.4 Å². The predicted molar refractivity (Wildman–Crippen MR) is 115 cm³/mol. The molecule has 0 atom stereocenters. The van der Waals surface area contributed by atoms with E-state index >= 15 is 0 Å². The van der Waals surface area contributed by atoms with Crippen LogP contribution in [0.2, 0.25) is 0 Å². The van der Waals surface area contributed by atoms with E-state index in [2.05, 4.69) is 11.1 Å². The van der Waals surface area contributed by atoms with Crippen molar-refractivity contribution in [1.29, 1.82) is 0 Å². The first-order valence-corrected chi connectivity index (χ1v) is 11.5. The molecule has 0 unspecified atom stereocenters. The van der Waals surface area contributed by atoms with Gasteiger partial charge in [0.1, 0.15) is 0 Å². The van der Waals surface area contributed by atoms with Crippen LogP contribution in [-0.2, 0) is 22.9 Å². The Morgan fingerprint density at radius 3 is 2.34 bits per heavy atom. The summed E-state index contributed by atoms with van der Waals surface area (Å²) in [5.41, 5.74) is 4.58. The lowest BCUT2D eigenvalue weighted by Crippen LogP contribution is -2.14. The molecule has 0 spiro atoms. The van der Waals surface area contributed by atoms with E-state index in [0.717, 1.165) is 18.2 Å². The topological polar surface area (TPSA) is 52.0 Å². The summed E-state index contributed by atoms with van der Waals surface area (Å²) in [6.07, 6.45) is 7.60. The molecule has 2 aromatic heterocycles. The molecule has 5 rings (SSSR count). The Morgan fingerprint density at radius 2 is 1.52 bits per heavy atom. The average Bonchev–Trinajstić information content (AvgIpc) is 2.99. The second-order valence-corrected chi connectivity index (χ2v) is 9.36. The molecule has 0 amide bonds. The first kappa shape index (κ1) is 18.1. The number of aromatic nitrogens is 2. The largest absolute Gasteiger partial charge is 0.268 e. The van der Waals surface area contributed by atoms with Gasteiger partial charge in [-0.1, -0.05) is 42.8 Å². The minimum atomic E-state index is -3.75. The number of fused-ring (bicyclic) bond motifs is 2. The van der Waals surface area contributed by atoms with E-state index in [9.17, 15) is 8.42 Å². The molecule has 0 radical (unpaired) electrons. The molecular weight excluding hydrogens is 380 g/mol. The van der Waals surface area contributed by atoms with Crippen LogP contribution in [-0.4, -0.2) is 17.4 Å². The van der Waals surface area contributed by atoms with Crippen LogP contribution < -0.4 is 0 Å². The maximum atomic E-state index is 13.6. The average molecular weight is 403 g/mol. The lowest BCUT2D eigenvalue weighted by Gasteiger charge is -2.13. The quantitative estimate of drug-likeness (QED) is 0.442. The van der Waals surface area contributed by atoms with E-state index in [1.54, 1.807) is 24.3 Å². The van der Waals surface area contributed by atoms with Crippen molar-refractivity contribution in [3.63, 3.8) is 0 Å². The van der Waals surface area contributed by atoms with Crippen molar-refractivity contribution in [2.45, 2.75) is 37.0 Å². The normalized spacial score (nSPS) is 14.5. The maximum absolute atomic E-state index is 13.6. The van der Waals surface area contributed by atoms with Crippen molar-refractivity contribution in [1.82, 2.24) is 8.96 Å². The predicted octanol–water partition coefficient (Wildman–Crippen LogP) is 5.21. The second-order valence-electron chi connectivity index (χ2n) is 7.57. The highest BCUT2D eigenvalue weighted by atomic mass is 32.2. The van der Waals surface area contributed by atoms with Crippen molar-refractivity contribution in [3.8, 4) is 11.4 Å². The summed E-state index contributed by atoms with van der Waals surface area (Å²) in [6.45, 7) is 0. The van der Waals surface area contributed by atoms with Gasteiger partial charge in [0.25, 0.3) is 10.0 Å². The highest BCUT2D eigenvalue weighted by molar-refractivity contribution is 7.90. The van der Waals surface area contributed by atoms with Crippen LogP contribution in [0.15, 0.2) is 77.8 Å². The smallest absolute Gasteiger partial charge is 0.254 e. The van der Waals surface area contributed by atoms with Gasteiger partial charge in [-0.3, -0.25) is 4.98 Å². The maximum Gasteiger partial charge on any atom is 0.268 e. The standard InChI is InChI=1S/C24H22N2O2S/c27-29(28,21-12-5-2-6-13-21)26-23-14-8-7-10-19(23)16-24(26)22-15-18-9-3-1-4-11-20(18)17-25-22/h2,5-8,10,12-17H,1,3-4,9,11H2. The highest BCUT2D eigenvalue weighted by Crippen LogP contribution is 2.33. The summed E-state index contributed by atoms with van der Waals surface area (Å²) in [6, 6.07) is 20.2. The molecule has 0 fully saturated rings. The summed E-state index contributed by atoms with van der Waals surface area (Å²) in [7, 11) is -3.75. The number of aryl methyl sites for hydroxylation is 2. The molecule has 146 valence electrons. The third-order valence-corrected chi connectivity index (χ3v) is 7.43. The Hall–Kier alpha value is -2.92. The fourth-order valence-electron chi connectivity index (χ4n) is 4.20. The first-order valence-electron chi connectivity index (χ1n) is 10.0. The molecule has 2 heterocycles. The van der Waals surface area contributed by atoms with Crippen molar-refractivity contribution in [3.05, 3.63) is 84.1 Å². The minimum absolute atomic E-state index is 0.275. The van der Waals surface area contributed by atoms with E-state index in [-0.39, 0.29) is 4.90 Å². The van der Waals surface area contributed by atoms with Gasteiger partial charge in [0.05, 0.1) is 21.8 Å². The Kier molecular flexibility index (Phi) is 4.47. The van der Waals surface area contributed by atoms with Gasteiger partial charge in [-0.15, -0.1) is 0 Å². The van der Waals surface area contributed by atoms with Crippen molar-refractivity contribution in [2.24, 2.45) is 0 Å². The number of benzene rings is 2. The lowest BCUT2D eigenvalue weighted by atomic mass is 10.0. The lowest BCUT2D eigenvalue weighted by molar-refractivity contribution is 0.589. The summed E-state index contributed by atoms with van der Waals surface area (Å²) >= 11 is 0. The molecular formula is C24H22N2O2S. The molecule has 0 N–H and O–H groups in total. The number of hydrogen-bond acceptors (Lipinski definition) is 3. The third kappa shape index (κ3) is 3.15. The van der Waals surface area contributed by atoms with E-state index in [0.29, 0.717) is 16.9 Å². The summed E-state index contributed by atoms with van der Waals surface area (Å²) in [4.78, 5) is 4.96. The van der Waals surface area contributed by atoms with E-state index in [4.69, 9.17) is 0 Å². The minimum Gasteiger partial charge on any atom is -0.254 e. The van der Waals surface area contributed by atoms with Gasteiger partial charge in [0.15, 0.2) is 0 Å². The van der Waals surface area contributed by atoms with Gasteiger partial charge >= 0.3 is 0 Å². The fraction of sp³-hybridized carbons (Fsp3) is 0.208. The number of hydrogen-bond donors (Lipinski definition) is 0. The Labute approximate surface area is 170 Å². The summed E-state index contributed by atoms with van der Waals surface area (Å²) < 4.78 is 28.6. The first-order chi connectivity index (χ1) is 14.1. The molecule has 0 saturated heterocycles. The Balaban J connectivity index is 1.76. The van der Waals surface area contributed by atoms with Crippen LogP contribution in [0, 0.1) is 0 Å². The van der Waals surface area contributed by atoms with Gasteiger partial charge < -0.3 is 0 Å². The van der Waals surface area contributed by atoms with Gasteiger partial charge in [-0.2, -0.15) is 0 Å². The van der Waals surface area contributed by atoms with Gasteiger partial charge in [-0.05, 0) is 67.1 Å². The van der Waals surface area contributed by atoms with Crippen molar-refractivity contribution >= 4 is 20.9 Å². The molecule has 5 heteroatoms. The van der Waals surface area contributed by atoms with E-state index in [1.807, 2.05) is 42.6 Å². The fourth-order valence-corrected chi connectivity index (χ4v) is 5.74. The zero-order valence-electron chi connectivity index (χ0n) is 16.1. The number of nitrogens with zero attached hydrogens (tertiary/aromatic N) is 2. The van der Waals surface area contributed by atoms with Crippen LogP contribution in [0.5, 0.6) is 0 Å². The van der Waals surface area contributed by atoms with Crippen LogP contribution in [0.1, 0.15) is 30.4 Å². The third-order valence-electron chi connectivity index (χ3n) is 5.69. The van der Waals surface area contributed by atoms with Crippen LogP contribution >= 0.6 is 0 Å². The van der Waals surface area contributed by atoms with E-state index < -0.39 is 10.0 Å². The molecule has 0 aliphatic heterocycles. The molecule has 0 saturated carbocycles. The van der Waals surface area contributed by atoms with Crippen molar-refractivity contribution < 1.29 is 8.42 Å². The Bertz CT molecular complexity index is 1290. The zero-order chi connectivity index (χ0) is 19.8.